The molecule has 12 nitrogen and oxygen atoms in total. The number of piperidine rings is 1. The molecule has 1 aromatic heterocycles. The number of nitrogens with one attached hydrogen (secondary N) is 1. The largest absolute Gasteiger partial charge is 0.496 e. The highest BCUT2D eigenvalue weighted by molar-refractivity contribution is 6.00. The van der Waals surface area contributed by atoms with Gasteiger partial charge in [0.25, 0.3) is 0 Å². The van der Waals surface area contributed by atoms with Crippen molar-refractivity contribution in [2.24, 2.45) is 36.6 Å². The van der Waals surface area contributed by atoms with Gasteiger partial charge in [0.15, 0.2) is 0 Å². The number of likely N-dealkylation sites (tertiary alicyclic amines) is 1. The molecular weight excluding hydrogens is 737 g/mol. The molecule has 3 aromatic rings. The van der Waals surface area contributed by atoms with Gasteiger partial charge in [-0.05, 0) is 74.8 Å². The maximum absolute atomic E-state index is 14.1. The summed E-state index contributed by atoms with van der Waals surface area (Å²) in [5.41, 5.74) is 7.93. The minimum absolute atomic E-state index is 0.0234. The van der Waals surface area contributed by atoms with E-state index in [-0.39, 0.29) is 65.7 Å². The van der Waals surface area contributed by atoms with Gasteiger partial charge in [0.1, 0.15) is 17.2 Å². The number of amides is 1. The standard InChI is InChI=1S/C46H56N4O8/c1-11-24-19-49-15-14-45-29-17-32(55-8)33(22(4)38(29)47-46(45,49)13-12-25(24)37(45)44(53)57-10)27-16-26-30(18-31(27)54-7)48(6)39-34(26)36(43(52)56-9)35-28-20-50(42(51)21(2)3)40(39)41(35)58-23(28)5/h11,16-18,21,23,25,28,35-37,40-41,47H,12-15,19-20H2,1-10H3/b24-11-/t23-,25+,28-,35-,36-,37-,40+,41-,45-,46-/m0/s1. The van der Waals surface area contributed by atoms with E-state index in [9.17, 15) is 14.4 Å². The van der Waals surface area contributed by atoms with Crippen LogP contribution in [-0.4, -0.2) is 98.2 Å². The second-order valence-electron chi connectivity index (χ2n) is 18.2. The molecule has 2 aromatic carbocycles. The van der Waals surface area contributed by atoms with Gasteiger partial charge in [-0.3, -0.25) is 19.3 Å². The van der Waals surface area contributed by atoms with Crippen molar-refractivity contribution >= 4 is 34.4 Å². The number of esters is 2. The van der Waals surface area contributed by atoms with Gasteiger partial charge in [-0.2, -0.15) is 0 Å². The van der Waals surface area contributed by atoms with Gasteiger partial charge >= 0.3 is 11.9 Å². The van der Waals surface area contributed by atoms with Crippen molar-refractivity contribution in [3.63, 3.8) is 0 Å². The fraction of sp³-hybridized carbons (Fsp3) is 0.587. The van der Waals surface area contributed by atoms with E-state index in [2.05, 4.69) is 59.8 Å². The van der Waals surface area contributed by atoms with E-state index >= 15 is 0 Å². The van der Waals surface area contributed by atoms with Crippen molar-refractivity contribution in [1.29, 1.82) is 0 Å². The molecule has 12 heteroatoms. The van der Waals surface area contributed by atoms with Gasteiger partial charge in [-0.1, -0.05) is 25.5 Å². The lowest BCUT2D eigenvalue weighted by Crippen LogP contribution is -2.63. The van der Waals surface area contributed by atoms with E-state index in [1.54, 1.807) is 14.2 Å². The molecule has 11 atom stereocenters. The zero-order valence-electron chi connectivity index (χ0n) is 35.4. The fourth-order valence-corrected chi connectivity index (χ4v) is 13.7. The zero-order valence-corrected chi connectivity index (χ0v) is 35.4. The second-order valence-corrected chi connectivity index (χ2v) is 18.2. The smallest absolute Gasteiger partial charge is 0.313 e. The number of anilines is 1. The number of methoxy groups -OCH3 is 4. The van der Waals surface area contributed by atoms with Crippen molar-refractivity contribution in [3.8, 4) is 22.6 Å². The van der Waals surface area contributed by atoms with Gasteiger partial charge < -0.3 is 38.5 Å². The highest BCUT2D eigenvalue weighted by atomic mass is 16.5. The SMILES string of the molecule is C/C=C1/CN2CC[C@@]34c5cc(OC)c(-c6cc7c8c(n(C)c7cc6OC)[C@@H]6[C@H]7O[C@@H](C)[C@H](CN6C(=O)C(C)C)[C@H]7[C@H]8C(=O)OC)c(C)c5N[C@@]23CC[C@H]1[C@H]4C(=O)OC. The molecule has 58 heavy (non-hydrogen) atoms. The Morgan fingerprint density at radius 1 is 1.02 bits per heavy atom. The van der Waals surface area contributed by atoms with Crippen LogP contribution in [0.5, 0.6) is 11.5 Å². The van der Waals surface area contributed by atoms with E-state index in [1.807, 2.05) is 25.8 Å². The molecule has 8 bridgehead atoms. The number of hydrogen-bond donors (Lipinski definition) is 1. The lowest BCUT2D eigenvalue weighted by atomic mass is 9.54. The molecule has 1 N–H and O–H groups in total. The summed E-state index contributed by atoms with van der Waals surface area (Å²) in [6, 6.07) is 6.02. The van der Waals surface area contributed by atoms with Crippen molar-refractivity contribution in [3.05, 3.63) is 52.2 Å². The molecule has 5 saturated heterocycles. The van der Waals surface area contributed by atoms with Crippen LogP contribution in [0, 0.1) is 36.5 Å². The van der Waals surface area contributed by atoms with Gasteiger partial charge in [0.05, 0.1) is 64.0 Å². The number of carbonyl (C=O) groups excluding carboxylic acids is 3. The van der Waals surface area contributed by atoms with Crippen molar-refractivity contribution < 1.29 is 38.1 Å². The quantitative estimate of drug-likeness (QED) is 0.228. The Hall–Kier alpha value is -4.55. The molecule has 6 aliphatic heterocycles. The van der Waals surface area contributed by atoms with Crippen LogP contribution < -0.4 is 14.8 Å². The maximum atomic E-state index is 14.1. The first kappa shape index (κ1) is 37.7. The number of aromatic nitrogens is 1. The number of aryl methyl sites for hydroxylation is 1. The molecular formula is C46H56N4O8. The first-order chi connectivity index (χ1) is 27.8. The third-order valence-corrected chi connectivity index (χ3v) is 16.0. The number of nitrogens with zero attached hydrogens (tertiary/aromatic N) is 3. The fourth-order valence-electron chi connectivity index (χ4n) is 13.7. The average molecular weight is 793 g/mol. The maximum Gasteiger partial charge on any atom is 0.313 e. The molecule has 7 heterocycles. The summed E-state index contributed by atoms with van der Waals surface area (Å²) < 4.78 is 32.7. The molecule has 1 amide bonds. The van der Waals surface area contributed by atoms with Crippen LogP contribution in [0.1, 0.15) is 81.3 Å². The third kappa shape index (κ3) is 4.35. The highest BCUT2D eigenvalue weighted by Gasteiger charge is 2.74. The Labute approximate surface area is 340 Å². The molecule has 1 spiro atoms. The number of carbonyl (C=O) groups is 3. The minimum Gasteiger partial charge on any atom is -0.496 e. The average Bonchev–Trinajstić information content (AvgIpc) is 3.82. The molecule has 11 rings (SSSR count). The van der Waals surface area contributed by atoms with Crippen LogP contribution in [-0.2, 0) is 41.1 Å². The van der Waals surface area contributed by atoms with E-state index in [0.717, 1.165) is 82.5 Å². The monoisotopic (exact) mass is 792 g/mol. The molecule has 6 fully saturated rings. The van der Waals surface area contributed by atoms with Gasteiger partial charge in [-0.25, -0.2) is 0 Å². The Morgan fingerprint density at radius 3 is 2.43 bits per heavy atom. The Kier molecular flexibility index (Phi) is 8.27. The Morgan fingerprint density at radius 2 is 1.76 bits per heavy atom. The van der Waals surface area contributed by atoms with E-state index in [1.165, 1.54) is 19.8 Å². The van der Waals surface area contributed by atoms with Gasteiger partial charge in [0.2, 0.25) is 5.91 Å². The van der Waals surface area contributed by atoms with E-state index < -0.39 is 17.0 Å². The Balaban J connectivity index is 1.21. The molecule has 1 saturated carbocycles. The highest BCUT2D eigenvalue weighted by Crippen LogP contribution is 2.69. The summed E-state index contributed by atoms with van der Waals surface area (Å²) in [4.78, 5) is 46.8. The van der Waals surface area contributed by atoms with Crippen LogP contribution in [0.2, 0.25) is 0 Å². The number of hydrogen-bond acceptors (Lipinski definition) is 10. The van der Waals surface area contributed by atoms with Crippen molar-refractivity contribution in [1.82, 2.24) is 14.4 Å². The number of ether oxygens (including phenoxy) is 5. The summed E-state index contributed by atoms with van der Waals surface area (Å²) >= 11 is 0. The zero-order chi connectivity index (χ0) is 40.9. The normalized spacial score (nSPS) is 35.4. The van der Waals surface area contributed by atoms with E-state index in [0.29, 0.717) is 18.0 Å². The lowest BCUT2D eigenvalue weighted by molar-refractivity contribution is -0.154. The first-order valence-corrected chi connectivity index (χ1v) is 21.1. The van der Waals surface area contributed by atoms with Crippen LogP contribution in [0.25, 0.3) is 22.0 Å². The number of allylic oxidation sites excluding steroid dienone is 1. The van der Waals surface area contributed by atoms with Crippen molar-refractivity contribution in [2.45, 2.75) is 89.1 Å². The van der Waals surface area contributed by atoms with Crippen LogP contribution in [0.4, 0.5) is 5.69 Å². The van der Waals surface area contributed by atoms with Gasteiger partial charge in [-0.15, -0.1) is 0 Å². The predicted octanol–water partition coefficient (Wildman–Crippen LogP) is 6.22. The van der Waals surface area contributed by atoms with Gasteiger partial charge in [0, 0.05) is 83.8 Å². The first-order valence-electron chi connectivity index (χ1n) is 21.1. The number of fused-ring (bicyclic) bond motifs is 7. The van der Waals surface area contributed by atoms with Crippen LogP contribution in [0.15, 0.2) is 29.8 Å². The third-order valence-electron chi connectivity index (χ3n) is 16.0. The minimum atomic E-state index is -0.579. The predicted molar refractivity (Wildman–Crippen MR) is 218 cm³/mol. The molecule has 308 valence electrons. The summed E-state index contributed by atoms with van der Waals surface area (Å²) in [7, 11) is 8.38. The molecule has 1 unspecified atom stereocenters. The molecule has 8 aliphatic rings. The van der Waals surface area contributed by atoms with Crippen LogP contribution >= 0.6 is 0 Å². The lowest BCUT2D eigenvalue weighted by Gasteiger charge is -2.51. The number of rotatable bonds is 6. The summed E-state index contributed by atoms with van der Waals surface area (Å²) in [6.45, 7) is 12.4. The summed E-state index contributed by atoms with van der Waals surface area (Å²) in [6.07, 6.45) is 4.41. The van der Waals surface area contributed by atoms with Crippen LogP contribution in [0.3, 0.4) is 0 Å². The Bertz CT molecular complexity index is 2350. The second kappa shape index (κ2) is 12.7. The summed E-state index contributed by atoms with van der Waals surface area (Å²) in [5.74, 6) is -0.201. The topological polar surface area (TPSA) is 121 Å². The number of benzene rings is 2. The molecule has 0 radical (unpaired) electrons. The van der Waals surface area contributed by atoms with Crippen molar-refractivity contribution in [2.75, 3.05) is 53.4 Å². The molecule has 2 aliphatic carbocycles. The summed E-state index contributed by atoms with van der Waals surface area (Å²) in [5, 5.41) is 5.03. The van der Waals surface area contributed by atoms with E-state index in [4.69, 9.17) is 23.7 Å².